The van der Waals surface area contributed by atoms with Crippen LogP contribution in [0.4, 0.5) is 5.69 Å². The molecule has 3 nitrogen and oxygen atoms in total. The predicted molar refractivity (Wildman–Crippen MR) is 92.2 cm³/mol. The number of aryl methyl sites for hydroxylation is 1. The number of Topliss-reactive ketones (excluding diaryl/α,β-unsaturated/α-hetero) is 1. The largest absolute Gasteiger partial charge is 0.495 e. The molecular weight excluding hydrogens is 286 g/mol. The Bertz CT molecular complexity index is 653. The summed E-state index contributed by atoms with van der Waals surface area (Å²) < 4.78 is 5.53. The number of hydrogen-bond donors (Lipinski definition) is 1. The van der Waals surface area contributed by atoms with Crippen molar-refractivity contribution >= 4 is 11.5 Å². The summed E-state index contributed by atoms with van der Waals surface area (Å²) in [7, 11) is 3.70. The summed E-state index contributed by atoms with van der Waals surface area (Å²) in [6, 6.07) is 4.54. The van der Waals surface area contributed by atoms with E-state index in [-0.39, 0.29) is 5.41 Å². The smallest absolute Gasteiger partial charge is 0.142 e. The number of nitrogens with one attached hydrogen (secondary N) is 1. The maximum absolute atomic E-state index is 12.4. The minimum absolute atomic E-state index is 0.0308. The molecule has 124 valence electrons. The summed E-state index contributed by atoms with van der Waals surface area (Å²) in [4.78, 5) is 12.4. The third-order valence-electron chi connectivity index (χ3n) is 7.02. The lowest BCUT2D eigenvalue weighted by Gasteiger charge is -2.48. The zero-order valence-electron chi connectivity index (χ0n) is 14.4. The zero-order valence-corrected chi connectivity index (χ0v) is 14.4. The molecule has 1 aromatic carbocycles. The first-order chi connectivity index (χ1) is 11.1. The summed E-state index contributed by atoms with van der Waals surface area (Å²) in [5.41, 5.74) is 4.02. The van der Waals surface area contributed by atoms with Gasteiger partial charge in [-0.2, -0.15) is 0 Å². The number of fused-ring (bicyclic) bond motifs is 5. The van der Waals surface area contributed by atoms with Gasteiger partial charge in [-0.05, 0) is 73.1 Å². The summed E-state index contributed by atoms with van der Waals surface area (Å²) in [6.07, 6.45) is 6.50. The van der Waals surface area contributed by atoms with Crippen molar-refractivity contribution in [2.75, 3.05) is 19.5 Å². The number of anilines is 1. The third kappa shape index (κ3) is 2.05. The molecule has 3 heteroatoms. The first-order valence-electron chi connectivity index (χ1n) is 9.00. The molecule has 0 saturated heterocycles. The average Bonchev–Trinajstić information content (AvgIpc) is 2.88. The van der Waals surface area contributed by atoms with Crippen molar-refractivity contribution in [1.82, 2.24) is 0 Å². The van der Waals surface area contributed by atoms with Crippen LogP contribution in [0.1, 0.15) is 56.1 Å². The molecule has 2 fully saturated rings. The fraction of sp³-hybridized carbons (Fsp3) is 0.650. The first kappa shape index (κ1) is 15.0. The molecule has 0 aromatic heterocycles. The van der Waals surface area contributed by atoms with Crippen molar-refractivity contribution < 1.29 is 9.53 Å². The molecule has 0 spiro atoms. The predicted octanol–water partition coefficient (Wildman–Crippen LogP) is 4.16. The molecule has 0 bridgehead atoms. The van der Waals surface area contributed by atoms with Crippen LogP contribution in [0.25, 0.3) is 0 Å². The van der Waals surface area contributed by atoms with Gasteiger partial charge in [0.15, 0.2) is 0 Å². The second-order valence-electron chi connectivity index (χ2n) is 7.83. The number of hydrogen-bond acceptors (Lipinski definition) is 3. The minimum Gasteiger partial charge on any atom is -0.495 e. The Kier molecular flexibility index (Phi) is 3.44. The Hall–Kier alpha value is -1.51. The van der Waals surface area contributed by atoms with Gasteiger partial charge in [0.1, 0.15) is 11.5 Å². The number of benzene rings is 1. The molecule has 3 aliphatic rings. The van der Waals surface area contributed by atoms with E-state index in [1.165, 1.54) is 17.5 Å². The molecule has 1 N–H and O–H groups in total. The van der Waals surface area contributed by atoms with Crippen LogP contribution in [0.2, 0.25) is 0 Å². The summed E-state index contributed by atoms with van der Waals surface area (Å²) in [5.74, 6) is 3.38. The monoisotopic (exact) mass is 313 g/mol. The van der Waals surface area contributed by atoms with Crippen molar-refractivity contribution in [3.63, 3.8) is 0 Å². The van der Waals surface area contributed by atoms with Gasteiger partial charge in [-0.3, -0.25) is 4.79 Å². The van der Waals surface area contributed by atoms with Gasteiger partial charge in [0, 0.05) is 18.9 Å². The van der Waals surface area contributed by atoms with Crippen LogP contribution in [0.5, 0.6) is 5.75 Å². The normalized spacial score (nSPS) is 35.3. The molecule has 3 aliphatic carbocycles. The fourth-order valence-corrected chi connectivity index (χ4v) is 5.73. The topological polar surface area (TPSA) is 38.3 Å². The van der Waals surface area contributed by atoms with Gasteiger partial charge in [-0.1, -0.05) is 6.92 Å². The summed E-state index contributed by atoms with van der Waals surface area (Å²) >= 11 is 0. The highest BCUT2D eigenvalue weighted by Crippen LogP contribution is 2.59. The highest BCUT2D eigenvalue weighted by Gasteiger charge is 2.54. The fourth-order valence-electron chi connectivity index (χ4n) is 5.73. The molecule has 0 aliphatic heterocycles. The third-order valence-corrected chi connectivity index (χ3v) is 7.02. The molecule has 4 rings (SSSR count). The molecular formula is C20H27NO2. The molecule has 23 heavy (non-hydrogen) atoms. The van der Waals surface area contributed by atoms with Gasteiger partial charge in [-0.15, -0.1) is 0 Å². The molecule has 0 radical (unpaired) electrons. The van der Waals surface area contributed by atoms with E-state index in [2.05, 4.69) is 24.4 Å². The Morgan fingerprint density at radius 3 is 2.78 bits per heavy atom. The quantitative estimate of drug-likeness (QED) is 0.891. The first-order valence-corrected chi connectivity index (χ1v) is 9.00. The van der Waals surface area contributed by atoms with Crippen molar-refractivity contribution in [2.24, 2.45) is 17.3 Å². The molecule has 2 saturated carbocycles. The van der Waals surface area contributed by atoms with E-state index >= 15 is 0 Å². The SMILES string of the molecule is CNc1cc2c(cc1OC)CC[C@@H]1C2CC[C@]2(C)C(=O)CCC12. The van der Waals surface area contributed by atoms with Crippen molar-refractivity contribution in [2.45, 2.75) is 51.4 Å². The maximum atomic E-state index is 12.4. The van der Waals surface area contributed by atoms with E-state index in [1.54, 1.807) is 7.11 Å². The Labute approximate surface area is 138 Å². The second kappa shape index (κ2) is 5.25. The highest BCUT2D eigenvalue weighted by molar-refractivity contribution is 5.87. The van der Waals surface area contributed by atoms with E-state index in [4.69, 9.17) is 4.74 Å². The molecule has 1 aromatic rings. The van der Waals surface area contributed by atoms with Crippen LogP contribution in [-0.4, -0.2) is 19.9 Å². The number of carbonyl (C=O) groups excluding carboxylic acids is 1. The average molecular weight is 313 g/mol. The summed E-state index contributed by atoms with van der Waals surface area (Å²) in [5, 5.41) is 3.27. The summed E-state index contributed by atoms with van der Waals surface area (Å²) in [6.45, 7) is 2.24. The second-order valence-corrected chi connectivity index (χ2v) is 7.83. The highest BCUT2D eigenvalue weighted by atomic mass is 16.5. The Morgan fingerprint density at radius 1 is 1.22 bits per heavy atom. The van der Waals surface area contributed by atoms with E-state index in [0.29, 0.717) is 23.5 Å². The van der Waals surface area contributed by atoms with Crippen molar-refractivity contribution in [3.05, 3.63) is 23.3 Å². The van der Waals surface area contributed by atoms with E-state index in [9.17, 15) is 4.79 Å². The van der Waals surface area contributed by atoms with Gasteiger partial charge in [0.05, 0.1) is 12.8 Å². The maximum Gasteiger partial charge on any atom is 0.142 e. The van der Waals surface area contributed by atoms with Crippen LogP contribution in [0.3, 0.4) is 0 Å². The van der Waals surface area contributed by atoms with E-state index in [0.717, 1.165) is 43.5 Å². The van der Waals surface area contributed by atoms with Gasteiger partial charge in [0.2, 0.25) is 0 Å². The number of methoxy groups -OCH3 is 1. The van der Waals surface area contributed by atoms with Crippen LogP contribution < -0.4 is 10.1 Å². The zero-order chi connectivity index (χ0) is 16.2. The van der Waals surface area contributed by atoms with Gasteiger partial charge in [-0.25, -0.2) is 0 Å². The molecule has 2 unspecified atom stereocenters. The Morgan fingerprint density at radius 2 is 2.04 bits per heavy atom. The number of ketones is 1. The lowest BCUT2D eigenvalue weighted by atomic mass is 9.55. The Balaban J connectivity index is 1.73. The van der Waals surface area contributed by atoms with Crippen molar-refractivity contribution in [1.29, 1.82) is 0 Å². The molecule has 0 heterocycles. The van der Waals surface area contributed by atoms with E-state index in [1.807, 2.05) is 7.05 Å². The van der Waals surface area contributed by atoms with Crippen LogP contribution in [0, 0.1) is 17.3 Å². The molecule has 0 amide bonds. The lowest BCUT2D eigenvalue weighted by molar-refractivity contribution is -0.129. The number of carbonyl (C=O) groups is 1. The minimum atomic E-state index is -0.0308. The number of ether oxygens (including phenoxy) is 1. The van der Waals surface area contributed by atoms with Crippen LogP contribution in [0.15, 0.2) is 12.1 Å². The lowest BCUT2D eigenvalue weighted by Crippen LogP contribution is -2.42. The van der Waals surface area contributed by atoms with Crippen molar-refractivity contribution in [3.8, 4) is 5.75 Å². The van der Waals surface area contributed by atoms with Crippen LogP contribution >= 0.6 is 0 Å². The van der Waals surface area contributed by atoms with E-state index < -0.39 is 0 Å². The van der Waals surface area contributed by atoms with Gasteiger partial charge < -0.3 is 10.1 Å². The number of rotatable bonds is 2. The molecule has 4 atom stereocenters. The van der Waals surface area contributed by atoms with Gasteiger partial charge in [0.25, 0.3) is 0 Å². The van der Waals surface area contributed by atoms with Crippen LogP contribution in [-0.2, 0) is 11.2 Å². The van der Waals surface area contributed by atoms with Gasteiger partial charge >= 0.3 is 0 Å². The standard InChI is InChI=1S/C20H27NO2/c1-20-9-8-13-14(16(20)6-7-19(20)22)5-4-12-10-18(23-3)17(21-2)11-15(12)13/h10-11,13-14,16,21H,4-9H2,1-3H3/t13?,14-,16?,20+/m1/s1.